The summed E-state index contributed by atoms with van der Waals surface area (Å²) in [6, 6.07) is 14.6. The Morgan fingerprint density at radius 3 is 2.50 bits per heavy atom. The van der Waals surface area contributed by atoms with E-state index in [2.05, 4.69) is 38.1 Å². The van der Waals surface area contributed by atoms with Gasteiger partial charge in [-0.25, -0.2) is 0 Å². The summed E-state index contributed by atoms with van der Waals surface area (Å²) in [7, 11) is 0. The van der Waals surface area contributed by atoms with E-state index in [4.69, 9.17) is 5.26 Å². The van der Waals surface area contributed by atoms with Gasteiger partial charge in [0, 0.05) is 0 Å². The summed E-state index contributed by atoms with van der Waals surface area (Å²) < 4.78 is 0. The molecule has 0 aliphatic heterocycles. The molecular formula is C17H19N. The number of nitrogens with zero attached hydrogens (tertiary/aromatic N) is 1. The fourth-order valence-corrected chi connectivity index (χ4v) is 2.23. The van der Waals surface area contributed by atoms with E-state index >= 15 is 0 Å². The summed E-state index contributed by atoms with van der Waals surface area (Å²) in [5, 5.41) is 11.3. The monoisotopic (exact) mass is 237 g/mol. The molecule has 0 unspecified atom stereocenters. The van der Waals surface area contributed by atoms with E-state index in [1.807, 2.05) is 18.2 Å². The highest BCUT2D eigenvalue weighted by molar-refractivity contribution is 5.84. The largest absolute Gasteiger partial charge is 0.192 e. The summed E-state index contributed by atoms with van der Waals surface area (Å²) in [5.74, 6) is 0.781. The predicted octanol–water partition coefficient (Wildman–Crippen LogP) is 4.69. The van der Waals surface area contributed by atoms with Crippen molar-refractivity contribution in [2.24, 2.45) is 5.92 Å². The molecule has 0 atom stereocenters. The van der Waals surface area contributed by atoms with E-state index in [0.717, 1.165) is 23.3 Å². The van der Waals surface area contributed by atoms with Crippen molar-refractivity contribution in [3.05, 3.63) is 47.5 Å². The van der Waals surface area contributed by atoms with Crippen LogP contribution in [-0.2, 0) is 6.42 Å². The highest BCUT2D eigenvalue weighted by atomic mass is 14.2. The van der Waals surface area contributed by atoms with Crippen LogP contribution in [0.1, 0.15) is 37.8 Å². The summed E-state index contributed by atoms with van der Waals surface area (Å²) in [4.78, 5) is 0. The fraction of sp³-hybridized carbons (Fsp3) is 0.353. The van der Waals surface area contributed by atoms with E-state index < -0.39 is 0 Å². The Morgan fingerprint density at radius 2 is 1.78 bits per heavy atom. The number of aryl methyl sites for hydroxylation is 1. The predicted molar refractivity (Wildman–Crippen MR) is 76.4 cm³/mol. The van der Waals surface area contributed by atoms with Crippen molar-refractivity contribution in [1.29, 1.82) is 5.26 Å². The fourth-order valence-electron chi connectivity index (χ4n) is 2.23. The van der Waals surface area contributed by atoms with Crippen LogP contribution in [0.2, 0.25) is 0 Å². The zero-order valence-corrected chi connectivity index (χ0v) is 11.1. The summed E-state index contributed by atoms with van der Waals surface area (Å²) in [6.07, 6.45) is 3.68. The van der Waals surface area contributed by atoms with Crippen molar-refractivity contribution in [2.75, 3.05) is 0 Å². The van der Waals surface area contributed by atoms with Gasteiger partial charge in [0.1, 0.15) is 0 Å². The molecule has 0 saturated carbocycles. The Bertz CT molecular complexity index is 576. The Kier molecular flexibility index (Phi) is 3.99. The molecule has 18 heavy (non-hydrogen) atoms. The van der Waals surface area contributed by atoms with Gasteiger partial charge in [-0.1, -0.05) is 44.5 Å². The maximum Gasteiger partial charge on any atom is 0.0991 e. The third-order valence-corrected chi connectivity index (χ3v) is 3.28. The van der Waals surface area contributed by atoms with Crippen molar-refractivity contribution in [2.45, 2.75) is 33.1 Å². The molecule has 0 bridgehead atoms. The van der Waals surface area contributed by atoms with Crippen LogP contribution < -0.4 is 0 Å². The first kappa shape index (κ1) is 12.6. The first-order chi connectivity index (χ1) is 8.69. The molecule has 2 aromatic rings. The highest BCUT2D eigenvalue weighted by Crippen LogP contribution is 2.19. The maximum absolute atomic E-state index is 8.87. The van der Waals surface area contributed by atoms with Gasteiger partial charge in [-0.15, -0.1) is 0 Å². The van der Waals surface area contributed by atoms with Crippen LogP contribution in [0.4, 0.5) is 0 Å². The standard InChI is InChI=1S/C17H19N/c1-13(2)4-3-5-14-6-8-17-11-15(12-18)7-9-16(17)10-14/h6-11,13H,3-5H2,1-2H3. The van der Waals surface area contributed by atoms with E-state index in [1.165, 1.54) is 23.8 Å². The second-order valence-corrected chi connectivity index (χ2v) is 5.29. The van der Waals surface area contributed by atoms with Crippen molar-refractivity contribution < 1.29 is 0 Å². The summed E-state index contributed by atoms with van der Waals surface area (Å²) >= 11 is 0. The molecule has 92 valence electrons. The van der Waals surface area contributed by atoms with Crippen LogP contribution in [0.25, 0.3) is 10.8 Å². The lowest BCUT2D eigenvalue weighted by Crippen LogP contribution is -1.91. The van der Waals surface area contributed by atoms with Gasteiger partial charge in [-0.05, 0) is 47.2 Å². The van der Waals surface area contributed by atoms with Gasteiger partial charge in [0.2, 0.25) is 0 Å². The topological polar surface area (TPSA) is 23.8 Å². The molecule has 1 nitrogen and oxygen atoms in total. The van der Waals surface area contributed by atoms with Crippen LogP contribution in [0.15, 0.2) is 36.4 Å². The summed E-state index contributed by atoms with van der Waals surface area (Å²) in [5.41, 5.74) is 2.13. The molecule has 0 N–H and O–H groups in total. The zero-order chi connectivity index (χ0) is 13.0. The number of nitriles is 1. The minimum Gasteiger partial charge on any atom is -0.192 e. The molecule has 0 saturated heterocycles. The normalized spacial score (nSPS) is 10.8. The third kappa shape index (κ3) is 3.11. The molecule has 2 rings (SSSR count). The number of hydrogen-bond donors (Lipinski definition) is 0. The molecule has 0 amide bonds. The first-order valence-corrected chi connectivity index (χ1v) is 6.62. The average Bonchev–Trinajstić information content (AvgIpc) is 2.37. The molecule has 1 heteroatoms. The van der Waals surface area contributed by atoms with Crippen LogP contribution in [0, 0.1) is 17.2 Å². The average molecular weight is 237 g/mol. The second kappa shape index (κ2) is 5.69. The van der Waals surface area contributed by atoms with E-state index in [-0.39, 0.29) is 0 Å². The minimum absolute atomic E-state index is 0.732. The number of fused-ring (bicyclic) bond motifs is 1. The van der Waals surface area contributed by atoms with Crippen molar-refractivity contribution in [1.82, 2.24) is 0 Å². The van der Waals surface area contributed by atoms with Gasteiger partial charge in [0.25, 0.3) is 0 Å². The molecule has 0 heterocycles. The lowest BCUT2D eigenvalue weighted by molar-refractivity contribution is 0.556. The van der Waals surface area contributed by atoms with Crippen LogP contribution >= 0.6 is 0 Å². The minimum atomic E-state index is 0.732. The smallest absolute Gasteiger partial charge is 0.0991 e. The molecule has 0 aromatic heterocycles. The Balaban J connectivity index is 2.15. The Morgan fingerprint density at radius 1 is 1.06 bits per heavy atom. The second-order valence-electron chi connectivity index (χ2n) is 5.29. The molecule has 0 aliphatic rings. The molecular weight excluding hydrogens is 218 g/mol. The molecule has 2 aromatic carbocycles. The Hall–Kier alpha value is -1.81. The van der Waals surface area contributed by atoms with Gasteiger partial charge in [-0.3, -0.25) is 0 Å². The van der Waals surface area contributed by atoms with Crippen LogP contribution in [-0.4, -0.2) is 0 Å². The van der Waals surface area contributed by atoms with Crippen LogP contribution in [0.5, 0.6) is 0 Å². The van der Waals surface area contributed by atoms with Crippen molar-refractivity contribution >= 4 is 10.8 Å². The van der Waals surface area contributed by atoms with Gasteiger partial charge in [0.05, 0.1) is 11.6 Å². The molecule has 0 radical (unpaired) electrons. The summed E-state index contributed by atoms with van der Waals surface area (Å²) in [6.45, 7) is 4.54. The lowest BCUT2D eigenvalue weighted by Gasteiger charge is -2.06. The third-order valence-electron chi connectivity index (χ3n) is 3.28. The van der Waals surface area contributed by atoms with Gasteiger partial charge in [-0.2, -0.15) is 5.26 Å². The zero-order valence-electron chi connectivity index (χ0n) is 11.1. The van der Waals surface area contributed by atoms with Crippen molar-refractivity contribution in [3.8, 4) is 6.07 Å². The highest BCUT2D eigenvalue weighted by Gasteiger charge is 2.00. The van der Waals surface area contributed by atoms with Crippen LogP contribution in [0.3, 0.4) is 0 Å². The SMILES string of the molecule is CC(C)CCCc1ccc2cc(C#N)ccc2c1. The van der Waals surface area contributed by atoms with E-state index in [0.29, 0.717) is 0 Å². The number of hydrogen-bond acceptors (Lipinski definition) is 1. The number of rotatable bonds is 4. The number of benzene rings is 2. The van der Waals surface area contributed by atoms with Gasteiger partial charge >= 0.3 is 0 Å². The van der Waals surface area contributed by atoms with E-state index in [9.17, 15) is 0 Å². The van der Waals surface area contributed by atoms with Crippen molar-refractivity contribution in [3.63, 3.8) is 0 Å². The lowest BCUT2D eigenvalue weighted by atomic mass is 9.99. The molecule has 0 fully saturated rings. The maximum atomic E-state index is 8.87. The Labute approximate surface area is 109 Å². The first-order valence-electron chi connectivity index (χ1n) is 6.62. The van der Waals surface area contributed by atoms with E-state index in [1.54, 1.807) is 0 Å². The van der Waals surface area contributed by atoms with Gasteiger partial charge in [0.15, 0.2) is 0 Å². The quantitative estimate of drug-likeness (QED) is 0.756. The molecule has 0 aliphatic carbocycles. The molecule has 0 spiro atoms. The van der Waals surface area contributed by atoms with Gasteiger partial charge < -0.3 is 0 Å².